The fourth-order valence-electron chi connectivity index (χ4n) is 2.05. The molecule has 1 aromatic carbocycles. The van der Waals surface area contributed by atoms with Gasteiger partial charge in [0.25, 0.3) is 0 Å². The number of halogens is 1. The largest absolute Gasteiger partial charge is 0.489 e. The average molecular weight is 283 g/mol. The van der Waals surface area contributed by atoms with E-state index in [1.807, 2.05) is 19.1 Å². The molecule has 0 spiro atoms. The molecule has 2 atom stereocenters. The van der Waals surface area contributed by atoms with E-state index < -0.39 is 0 Å². The number of ether oxygens (including phenoxy) is 1. The number of nitrogens with one attached hydrogen (secondary N) is 2. The summed E-state index contributed by atoms with van der Waals surface area (Å²) in [4.78, 5) is 11.8. The summed E-state index contributed by atoms with van der Waals surface area (Å²) in [6.45, 7) is 4.15. The molecule has 1 fully saturated rings. The van der Waals surface area contributed by atoms with Crippen LogP contribution in [0.2, 0.25) is 5.02 Å². The van der Waals surface area contributed by atoms with Crippen LogP contribution in [0.25, 0.3) is 0 Å². The van der Waals surface area contributed by atoms with Crippen LogP contribution in [0.5, 0.6) is 5.75 Å². The van der Waals surface area contributed by atoms with Crippen LogP contribution in [0, 0.1) is 5.92 Å². The predicted molar refractivity (Wildman–Crippen MR) is 75.5 cm³/mol. The summed E-state index contributed by atoms with van der Waals surface area (Å²) in [6.07, 6.45) is 0.845. The normalized spacial score (nSPS) is 20.0. The zero-order chi connectivity index (χ0) is 13.7. The third-order valence-corrected chi connectivity index (χ3v) is 3.40. The van der Waals surface area contributed by atoms with Gasteiger partial charge in [0.1, 0.15) is 11.9 Å². The van der Waals surface area contributed by atoms with Gasteiger partial charge in [-0.15, -0.1) is 0 Å². The summed E-state index contributed by atoms with van der Waals surface area (Å²) in [5.41, 5.74) is 0. The first-order chi connectivity index (χ1) is 9.15. The zero-order valence-corrected chi connectivity index (χ0v) is 11.7. The summed E-state index contributed by atoms with van der Waals surface area (Å²) >= 11 is 5.81. The average Bonchev–Trinajstić information content (AvgIpc) is 2.93. The number of rotatable bonds is 5. The van der Waals surface area contributed by atoms with Gasteiger partial charge in [0.05, 0.1) is 12.5 Å². The lowest BCUT2D eigenvalue weighted by atomic mass is 10.1. The summed E-state index contributed by atoms with van der Waals surface area (Å²) < 4.78 is 5.69. The van der Waals surface area contributed by atoms with E-state index in [2.05, 4.69) is 10.6 Å². The molecule has 0 radical (unpaired) electrons. The molecule has 1 amide bonds. The minimum Gasteiger partial charge on any atom is -0.489 e. The van der Waals surface area contributed by atoms with Gasteiger partial charge >= 0.3 is 0 Å². The summed E-state index contributed by atoms with van der Waals surface area (Å²) in [7, 11) is 0. The minimum absolute atomic E-state index is 0.0699. The van der Waals surface area contributed by atoms with Crippen LogP contribution in [0.1, 0.15) is 13.3 Å². The Bertz CT molecular complexity index is 416. The Labute approximate surface area is 118 Å². The van der Waals surface area contributed by atoms with Crippen LogP contribution >= 0.6 is 11.6 Å². The van der Waals surface area contributed by atoms with Crippen molar-refractivity contribution in [3.63, 3.8) is 0 Å². The predicted octanol–water partition coefficient (Wildman–Crippen LogP) is 1.83. The van der Waals surface area contributed by atoms with E-state index in [0.29, 0.717) is 11.6 Å². The van der Waals surface area contributed by atoms with Crippen LogP contribution in [0.15, 0.2) is 24.3 Å². The fourth-order valence-corrected chi connectivity index (χ4v) is 2.18. The van der Waals surface area contributed by atoms with Crippen LogP contribution < -0.4 is 15.4 Å². The topological polar surface area (TPSA) is 50.4 Å². The monoisotopic (exact) mass is 282 g/mol. The maximum absolute atomic E-state index is 11.8. The Kier molecular flexibility index (Phi) is 5.05. The lowest BCUT2D eigenvalue weighted by Gasteiger charge is -2.17. The molecule has 1 saturated heterocycles. The van der Waals surface area contributed by atoms with Crippen LogP contribution in [0.4, 0.5) is 0 Å². The van der Waals surface area contributed by atoms with E-state index in [-0.39, 0.29) is 17.9 Å². The molecular weight excluding hydrogens is 264 g/mol. The number of carbonyl (C=O) groups excluding carboxylic acids is 1. The van der Waals surface area contributed by atoms with Crippen molar-refractivity contribution in [3.05, 3.63) is 29.3 Å². The molecule has 0 aliphatic carbocycles. The molecular formula is C14H19ClN2O2. The zero-order valence-electron chi connectivity index (χ0n) is 11.0. The third kappa shape index (κ3) is 4.40. The molecule has 1 aliphatic rings. The van der Waals surface area contributed by atoms with Gasteiger partial charge in [-0.2, -0.15) is 0 Å². The molecule has 5 heteroatoms. The maximum Gasteiger partial charge on any atom is 0.224 e. The van der Waals surface area contributed by atoms with Crippen molar-refractivity contribution in [1.29, 1.82) is 0 Å². The Morgan fingerprint density at radius 1 is 1.53 bits per heavy atom. The van der Waals surface area contributed by atoms with Crippen LogP contribution in [0.3, 0.4) is 0 Å². The highest BCUT2D eigenvalue weighted by Crippen LogP contribution is 2.16. The standard InChI is InChI=1S/C14H19ClN2O2/c1-10(19-13-4-2-12(15)3-5-13)8-17-14(18)11-6-7-16-9-11/h2-5,10-11,16H,6-9H2,1H3,(H,17,18). The molecule has 2 unspecified atom stereocenters. The maximum atomic E-state index is 11.8. The quantitative estimate of drug-likeness (QED) is 0.866. The lowest BCUT2D eigenvalue weighted by molar-refractivity contribution is -0.124. The van der Waals surface area contributed by atoms with E-state index in [1.54, 1.807) is 12.1 Å². The minimum atomic E-state index is -0.0699. The first kappa shape index (κ1) is 14.2. The second-order valence-corrected chi connectivity index (χ2v) is 5.25. The van der Waals surface area contributed by atoms with Gasteiger partial charge in [-0.1, -0.05) is 11.6 Å². The van der Waals surface area contributed by atoms with E-state index >= 15 is 0 Å². The van der Waals surface area contributed by atoms with Crippen molar-refractivity contribution < 1.29 is 9.53 Å². The van der Waals surface area contributed by atoms with Gasteiger partial charge < -0.3 is 15.4 Å². The van der Waals surface area contributed by atoms with E-state index in [9.17, 15) is 4.79 Å². The smallest absolute Gasteiger partial charge is 0.224 e. The molecule has 1 heterocycles. The van der Waals surface area contributed by atoms with Crippen molar-refractivity contribution >= 4 is 17.5 Å². The van der Waals surface area contributed by atoms with Gasteiger partial charge in [-0.25, -0.2) is 0 Å². The van der Waals surface area contributed by atoms with Crippen molar-refractivity contribution in [2.75, 3.05) is 19.6 Å². The second kappa shape index (κ2) is 6.78. The van der Waals surface area contributed by atoms with Gasteiger partial charge in [0, 0.05) is 11.6 Å². The molecule has 104 valence electrons. The molecule has 0 saturated carbocycles. The number of amides is 1. The van der Waals surface area contributed by atoms with E-state index in [4.69, 9.17) is 16.3 Å². The Morgan fingerprint density at radius 2 is 2.26 bits per heavy atom. The van der Waals surface area contributed by atoms with E-state index in [0.717, 1.165) is 25.3 Å². The Hall–Kier alpha value is -1.26. The molecule has 1 aromatic rings. The van der Waals surface area contributed by atoms with Gasteiger partial charge in [0.2, 0.25) is 5.91 Å². The SMILES string of the molecule is CC(CNC(=O)C1CCNC1)Oc1ccc(Cl)cc1. The number of benzene rings is 1. The number of carbonyl (C=O) groups is 1. The molecule has 2 rings (SSSR count). The van der Waals surface area contributed by atoms with Gasteiger partial charge in [-0.05, 0) is 44.2 Å². The van der Waals surface area contributed by atoms with Crippen molar-refractivity contribution in [2.24, 2.45) is 5.92 Å². The first-order valence-electron chi connectivity index (χ1n) is 6.56. The molecule has 4 nitrogen and oxygen atoms in total. The Morgan fingerprint density at radius 3 is 2.89 bits per heavy atom. The molecule has 2 N–H and O–H groups in total. The van der Waals surface area contributed by atoms with Gasteiger partial charge in [0.15, 0.2) is 0 Å². The van der Waals surface area contributed by atoms with Crippen LogP contribution in [-0.4, -0.2) is 31.6 Å². The third-order valence-electron chi connectivity index (χ3n) is 3.15. The summed E-state index contributed by atoms with van der Waals surface area (Å²) in [5, 5.41) is 6.79. The first-order valence-corrected chi connectivity index (χ1v) is 6.93. The lowest BCUT2D eigenvalue weighted by Crippen LogP contribution is -2.38. The molecule has 0 aromatic heterocycles. The Balaban J connectivity index is 1.73. The van der Waals surface area contributed by atoms with Crippen molar-refractivity contribution in [3.8, 4) is 5.75 Å². The highest BCUT2D eigenvalue weighted by Gasteiger charge is 2.22. The second-order valence-electron chi connectivity index (χ2n) is 4.82. The summed E-state index contributed by atoms with van der Waals surface area (Å²) in [6, 6.07) is 7.21. The van der Waals surface area contributed by atoms with Crippen molar-refractivity contribution in [2.45, 2.75) is 19.4 Å². The van der Waals surface area contributed by atoms with Gasteiger partial charge in [-0.3, -0.25) is 4.79 Å². The molecule has 0 bridgehead atoms. The van der Waals surface area contributed by atoms with Crippen molar-refractivity contribution in [1.82, 2.24) is 10.6 Å². The fraction of sp³-hybridized carbons (Fsp3) is 0.500. The highest BCUT2D eigenvalue weighted by atomic mass is 35.5. The van der Waals surface area contributed by atoms with E-state index in [1.165, 1.54) is 0 Å². The van der Waals surface area contributed by atoms with Crippen LogP contribution in [-0.2, 0) is 4.79 Å². The number of hydrogen-bond acceptors (Lipinski definition) is 3. The molecule has 1 aliphatic heterocycles. The highest BCUT2D eigenvalue weighted by molar-refractivity contribution is 6.30. The summed E-state index contributed by atoms with van der Waals surface area (Å²) in [5.74, 6) is 0.966. The molecule has 19 heavy (non-hydrogen) atoms. The number of hydrogen-bond donors (Lipinski definition) is 2.